The van der Waals surface area contributed by atoms with Gasteiger partial charge in [0.05, 0.1) is 25.7 Å². The van der Waals surface area contributed by atoms with E-state index < -0.39 is 66.9 Å². The van der Waals surface area contributed by atoms with Crippen LogP contribution < -0.4 is 27.0 Å². The van der Waals surface area contributed by atoms with Crippen LogP contribution in [0.3, 0.4) is 0 Å². The highest BCUT2D eigenvalue weighted by molar-refractivity contribution is 5.97. The number of hydrogen-bond acceptors (Lipinski definition) is 7. The highest BCUT2D eigenvalue weighted by Crippen LogP contribution is 2.17. The lowest BCUT2D eigenvalue weighted by Gasteiger charge is -2.25. The molecule has 13 heteroatoms. The van der Waals surface area contributed by atoms with Crippen LogP contribution in [0.5, 0.6) is 0 Å². The monoisotopic (exact) mass is 516 g/mol. The average molecular weight is 517 g/mol. The van der Waals surface area contributed by atoms with Crippen molar-refractivity contribution >= 4 is 29.5 Å². The fourth-order valence-electron chi connectivity index (χ4n) is 3.38. The minimum absolute atomic E-state index is 0.219. The van der Waals surface area contributed by atoms with E-state index >= 15 is 0 Å². The Morgan fingerprint density at radius 2 is 1.49 bits per heavy atom. The summed E-state index contributed by atoms with van der Waals surface area (Å²) in [6, 6.07) is 7.05. The van der Waals surface area contributed by atoms with Crippen molar-refractivity contribution in [1.29, 1.82) is 0 Å². The van der Waals surface area contributed by atoms with Crippen LogP contribution in [0.2, 0.25) is 0 Å². The molecule has 0 radical (unpaired) electrons. The highest BCUT2D eigenvalue weighted by Gasteiger charge is 2.29. The zero-order valence-corrected chi connectivity index (χ0v) is 20.3. The van der Waals surface area contributed by atoms with Gasteiger partial charge >= 0.3 is 0 Å². The summed E-state index contributed by atoms with van der Waals surface area (Å²) in [4.78, 5) is 64.5. The maximum absolute atomic E-state index is 13.0. The first-order valence-corrected chi connectivity index (χ1v) is 11.6. The molecular weight excluding hydrogens is 484 g/mol. The number of amides is 5. The van der Waals surface area contributed by atoms with Gasteiger partial charge in [0.25, 0.3) is 5.91 Å². The summed E-state index contributed by atoms with van der Waals surface area (Å²) in [5.74, 6) is -3.57. The second-order valence-corrected chi connectivity index (χ2v) is 8.14. The number of aromatic nitrogens is 1. The van der Waals surface area contributed by atoms with E-state index in [0.717, 1.165) is 0 Å². The number of aromatic amines is 1. The number of carbonyl (C=O) groups excluding carboxylic acids is 5. The Hall–Kier alpha value is -4.23. The van der Waals surface area contributed by atoms with Crippen LogP contribution in [0.1, 0.15) is 41.9 Å². The summed E-state index contributed by atoms with van der Waals surface area (Å²) in [7, 11) is 0. The van der Waals surface area contributed by atoms with Gasteiger partial charge in [-0.05, 0) is 24.1 Å². The Kier molecular flexibility index (Phi) is 11.3. The summed E-state index contributed by atoms with van der Waals surface area (Å²) in [6.45, 7) is 0.227. The molecular formula is C24H32N6O7. The van der Waals surface area contributed by atoms with Crippen LogP contribution in [0.25, 0.3) is 0 Å². The first kappa shape index (κ1) is 29.0. The maximum atomic E-state index is 13.0. The van der Waals surface area contributed by atoms with Gasteiger partial charge in [-0.2, -0.15) is 0 Å². The molecule has 0 bridgehead atoms. The molecule has 9 N–H and O–H groups in total. The van der Waals surface area contributed by atoms with Crippen LogP contribution >= 0.6 is 0 Å². The molecule has 0 spiro atoms. The zero-order valence-electron chi connectivity index (χ0n) is 20.3. The van der Waals surface area contributed by atoms with E-state index in [1.54, 1.807) is 49.5 Å². The topological polar surface area (TPSA) is 216 Å². The van der Waals surface area contributed by atoms with Crippen molar-refractivity contribution in [2.75, 3.05) is 13.2 Å². The van der Waals surface area contributed by atoms with Crippen LogP contribution in [0.15, 0.2) is 48.7 Å². The average Bonchev–Trinajstić information content (AvgIpc) is 3.43. The summed E-state index contributed by atoms with van der Waals surface area (Å²) in [5, 5.41) is 28.9. The molecule has 0 unspecified atom stereocenters. The summed E-state index contributed by atoms with van der Waals surface area (Å²) < 4.78 is 0. The summed E-state index contributed by atoms with van der Waals surface area (Å²) in [5.41, 5.74) is 5.93. The Balaban J connectivity index is 2.09. The van der Waals surface area contributed by atoms with E-state index in [1.807, 2.05) is 0 Å². The summed E-state index contributed by atoms with van der Waals surface area (Å²) >= 11 is 0. The first-order chi connectivity index (χ1) is 17.7. The molecule has 0 aliphatic carbocycles. The normalized spacial score (nSPS) is 13.9. The van der Waals surface area contributed by atoms with Crippen LogP contribution in [0, 0.1) is 0 Å². The lowest BCUT2D eigenvalue weighted by atomic mass is 10.0. The molecule has 1 aromatic carbocycles. The van der Waals surface area contributed by atoms with E-state index in [0.29, 0.717) is 5.56 Å². The molecule has 2 rings (SSSR count). The number of benzene rings is 1. The lowest BCUT2D eigenvalue weighted by molar-refractivity contribution is -0.132. The van der Waals surface area contributed by atoms with Crippen LogP contribution in [0.4, 0.5) is 0 Å². The predicted molar refractivity (Wildman–Crippen MR) is 132 cm³/mol. The van der Waals surface area contributed by atoms with E-state index in [-0.39, 0.29) is 18.5 Å². The van der Waals surface area contributed by atoms with Gasteiger partial charge in [0.2, 0.25) is 23.6 Å². The van der Waals surface area contributed by atoms with E-state index in [1.165, 1.54) is 6.07 Å². The SMILES string of the molecule is CC[C@H](NC(=O)c1ccc[nH]1)C(=O)N[C@@H](CO)C(=O)N[C@H](CC(=O)N[C@@H](CO)C(N)=O)c1ccccc1. The Morgan fingerprint density at radius 1 is 0.838 bits per heavy atom. The quantitative estimate of drug-likeness (QED) is 0.144. The number of aliphatic hydroxyl groups is 2. The largest absolute Gasteiger partial charge is 0.394 e. The molecule has 1 aromatic heterocycles. The van der Waals surface area contributed by atoms with Crippen molar-refractivity contribution in [3.63, 3.8) is 0 Å². The number of rotatable bonds is 14. The second-order valence-electron chi connectivity index (χ2n) is 8.14. The molecule has 2 aromatic rings. The van der Waals surface area contributed by atoms with Gasteiger partial charge in [0.15, 0.2) is 0 Å². The Labute approximate surface area is 213 Å². The molecule has 13 nitrogen and oxygen atoms in total. The van der Waals surface area contributed by atoms with Crippen molar-refractivity contribution in [1.82, 2.24) is 26.3 Å². The molecule has 200 valence electrons. The minimum atomic E-state index is -1.38. The molecule has 0 fully saturated rings. The van der Waals surface area contributed by atoms with E-state index in [2.05, 4.69) is 26.3 Å². The Morgan fingerprint density at radius 3 is 2.03 bits per heavy atom. The van der Waals surface area contributed by atoms with Crippen LogP contribution in [-0.2, 0) is 19.2 Å². The van der Waals surface area contributed by atoms with Gasteiger partial charge < -0.3 is 42.2 Å². The molecule has 0 aliphatic rings. The predicted octanol–water partition coefficient (Wildman–Crippen LogP) is -1.79. The minimum Gasteiger partial charge on any atom is -0.394 e. The lowest BCUT2D eigenvalue weighted by Crippen LogP contribution is -2.55. The molecule has 0 saturated carbocycles. The molecule has 0 aliphatic heterocycles. The number of primary amides is 1. The molecule has 37 heavy (non-hydrogen) atoms. The van der Waals surface area contributed by atoms with Gasteiger partial charge in [-0.3, -0.25) is 24.0 Å². The number of hydrogen-bond donors (Lipinski definition) is 8. The van der Waals surface area contributed by atoms with Gasteiger partial charge in [-0.1, -0.05) is 37.3 Å². The second kappa shape index (κ2) is 14.4. The van der Waals surface area contributed by atoms with Crippen molar-refractivity contribution in [3.05, 3.63) is 59.9 Å². The van der Waals surface area contributed by atoms with Crippen molar-refractivity contribution in [2.24, 2.45) is 5.73 Å². The van der Waals surface area contributed by atoms with E-state index in [4.69, 9.17) is 5.73 Å². The molecule has 1 heterocycles. The van der Waals surface area contributed by atoms with Gasteiger partial charge in [0.1, 0.15) is 23.8 Å². The standard InChI is InChI=1S/C24H32N6O7/c1-2-15(28-23(36)16-9-6-10-26-16)22(35)30-19(13-32)24(37)29-17(14-7-4-3-5-8-14)11-20(33)27-18(12-31)21(25)34/h3-10,15,17-19,26,31-32H,2,11-13H2,1H3,(H2,25,34)(H,27,33)(H,28,36)(H,29,37)(H,30,35)/t15-,17+,18-,19-/m0/s1. The number of aliphatic hydroxyl groups excluding tert-OH is 2. The van der Waals surface area contributed by atoms with Gasteiger partial charge in [-0.15, -0.1) is 0 Å². The van der Waals surface area contributed by atoms with Gasteiger partial charge in [-0.25, -0.2) is 0 Å². The molecule has 4 atom stereocenters. The van der Waals surface area contributed by atoms with Crippen molar-refractivity contribution < 1.29 is 34.2 Å². The van der Waals surface area contributed by atoms with Gasteiger partial charge in [0, 0.05) is 6.20 Å². The number of nitrogens with two attached hydrogens (primary N) is 1. The third-order valence-electron chi connectivity index (χ3n) is 5.46. The Bertz CT molecular complexity index is 1060. The summed E-state index contributed by atoms with van der Waals surface area (Å²) in [6.07, 6.45) is 1.45. The first-order valence-electron chi connectivity index (χ1n) is 11.6. The number of H-pyrrole nitrogens is 1. The fourth-order valence-corrected chi connectivity index (χ4v) is 3.38. The number of nitrogens with one attached hydrogen (secondary N) is 5. The van der Waals surface area contributed by atoms with Crippen LogP contribution in [-0.4, -0.2) is 76.1 Å². The molecule has 0 saturated heterocycles. The third kappa shape index (κ3) is 8.74. The molecule has 5 amide bonds. The smallest absolute Gasteiger partial charge is 0.268 e. The van der Waals surface area contributed by atoms with E-state index in [9.17, 15) is 34.2 Å². The highest BCUT2D eigenvalue weighted by atomic mass is 16.3. The van der Waals surface area contributed by atoms with Crippen molar-refractivity contribution in [3.8, 4) is 0 Å². The maximum Gasteiger partial charge on any atom is 0.268 e. The fraction of sp³-hybridized carbons (Fsp3) is 0.375. The van der Waals surface area contributed by atoms with Crippen molar-refractivity contribution in [2.45, 2.75) is 43.9 Å². The zero-order chi connectivity index (χ0) is 27.4. The third-order valence-corrected chi connectivity index (χ3v) is 5.46. The number of carbonyl (C=O) groups is 5.